The molecule has 0 heterocycles. The van der Waals surface area contributed by atoms with Crippen molar-refractivity contribution in [3.8, 4) is 0 Å². The Morgan fingerprint density at radius 3 is 2.64 bits per heavy atom. The summed E-state index contributed by atoms with van der Waals surface area (Å²) in [5.74, 6) is -0.415. The molecule has 0 aromatic heterocycles. The van der Waals surface area contributed by atoms with Gasteiger partial charge in [0.05, 0.1) is 6.61 Å². The number of ether oxygens (including phenoxy) is 1. The second-order valence-electron chi connectivity index (χ2n) is 2.56. The van der Waals surface area contributed by atoms with E-state index < -0.39 is 12.1 Å². The number of esters is 1. The van der Waals surface area contributed by atoms with E-state index in [0.29, 0.717) is 18.5 Å². The molecular weight excluding hydrogens is 301 g/mol. The van der Waals surface area contributed by atoms with Crippen LogP contribution in [0.2, 0.25) is 0 Å². The van der Waals surface area contributed by atoms with Crippen molar-refractivity contribution in [2.24, 2.45) is 0 Å². The lowest BCUT2D eigenvalue weighted by Gasteiger charge is -2.04. The quantitative estimate of drug-likeness (QED) is 0.362. The van der Waals surface area contributed by atoms with Gasteiger partial charge in [-0.15, -0.1) is 0 Å². The van der Waals surface area contributed by atoms with E-state index in [0.717, 1.165) is 0 Å². The van der Waals surface area contributed by atoms with Gasteiger partial charge in [-0.25, -0.2) is 9.59 Å². The van der Waals surface area contributed by atoms with Crippen molar-refractivity contribution in [3.05, 3.63) is 12.2 Å². The standard InChI is InChI=1S/C8H12INO4/c1-6(2)7(11)13-5-3-4-10-8(12)14-9/h1,3-5H2,2H3,(H,10,12). The number of halogens is 1. The van der Waals surface area contributed by atoms with Crippen molar-refractivity contribution in [2.45, 2.75) is 13.3 Å². The molecule has 0 spiro atoms. The molecule has 0 bridgehead atoms. The predicted molar refractivity (Wildman–Crippen MR) is 58.9 cm³/mol. The molecule has 0 aliphatic carbocycles. The van der Waals surface area contributed by atoms with Crippen LogP contribution >= 0.6 is 23.0 Å². The first-order valence-corrected chi connectivity index (χ1v) is 4.85. The van der Waals surface area contributed by atoms with E-state index in [1.54, 1.807) is 6.92 Å². The van der Waals surface area contributed by atoms with Crippen molar-refractivity contribution in [1.29, 1.82) is 0 Å². The largest absolute Gasteiger partial charge is 0.462 e. The maximum absolute atomic E-state index is 10.9. The van der Waals surface area contributed by atoms with Gasteiger partial charge in [0.2, 0.25) is 0 Å². The first-order valence-electron chi connectivity index (χ1n) is 3.97. The number of carbonyl (C=O) groups is 2. The van der Waals surface area contributed by atoms with Gasteiger partial charge in [0, 0.05) is 12.1 Å². The lowest BCUT2D eigenvalue weighted by molar-refractivity contribution is -0.138. The smallest absolute Gasteiger partial charge is 0.416 e. The van der Waals surface area contributed by atoms with E-state index >= 15 is 0 Å². The molecule has 1 amide bonds. The molecule has 0 rings (SSSR count). The van der Waals surface area contributed by atoms with Gasteiger partial charge in [-0.2, -0.15) is 0 Å². The van der Waals surface area contributed by atoms with Crippen LogP contribution in [-0.4, -0.2) is 25.2 Å². The topological polar surface area (TPSA) is 64.6 Å². The molecule has 80 valence electrons. The molecular formula is C8H12INO4. The number of amides is 1. The van der Waals surface area contributed by atoms with Gasteiger partial charge in [0.15, 0.2) is 23.0 Å². The Bertz CT molecular complexity index is 229. The molecule has 0 aromatic rings. The minimum Gasteiger partial charge on any atom is -0.462 e. The maximum atomic E-state index is 10.9. The normalized spacial score (nSPS) is 9.00. The monoisotopic (exact) mass is 313 g/mol. The molecule has 0 saturated heterocycles. The second kappa shape index (κ2) is 7.60. The summed E-state index contributed by atoms with van der Waals surface area (Å²) in [7, 11) is 0. The zero-order valence-corrected chi connectivity index (χ0v) is 10.00. The summed E-state index contributed by atoms with van der Waals surface area (Å²) in [6.45, 7) is 5.67. The Balaban J connectivity index is 3.34. The van der Waals surface area contributed by atoms with Crippen LogP contribution in [0.5, 0.6) is 0 Å². The van der Waals surface area contributed by atoms with Gasteiger partial charge >= 0.3 is 12.1 Å². The fourth-order valence-electron chi connectivity index (χ4n) is 0.578. The Kier molecular flexibility index (Phi) is 7.17. The van der Waals surface area contributed by atoms with Gasteiger partial charge in [0.1, 0.15) is 0 Å². The average molecular weight is 313 g/mol. The summed E-state index contributed by atoms with van der Waals surface area (Å²) in [5, 5.41) is 2.45. The van der Waals surface area contributed by atoms with Gasteiger partial charge in [-0.1, -0.05) is 6.58 Å². The molecule has 14 heavy (non-hydrogen) atoms. The summed E-state index contributed by atoms with van der Waals surface area (Å²) < 4.78 is 9.10. The van der Waals surface area contributed by atoms with Crippen LogP contribution in [0.15, 0.2) is 12.2 Å². The maximum Gasteiger partial charge on any atom is 0.416 e. The lowest BCUT2D eigenvalue weighted by atomic mass is 10.3. The van der Waals surface area contributed by atoms with Crippen molar-refractivity contribution in [3.63, 3.8) is 0 Å². The third-order valence-electron chi connectivity index (χ3n) is 1.24. The zero-order valence-electron chi connectivity index (χ0n) is 7.84. The van der Waals surface area contributed by atoms with Crippen LogP contribution in [-0.2, 0) is 12.6 Å². The predicted octanol–water partition coefficient (Wildman–Crippen LogP) is 1.57. The van der Waals surface area contributed by atoms with Crippen LogP contribution in [0.4, 0.5) is 4.79 Å². The average Bonchev–Trinajstić information content (AvgIpc) is 2.16. The van der Waals surface area contributed by atoms with Crippen LogP contribution in [0.1, 0.15) is 13.3 Å². The number of rotatable bonds is 5. The molecule has 0 aromatic carbocycles. The highest BCUT2D eigenvalue weighted by Crippen LogP contribution is 1.93. The van der Waals surface area contributed by atoms with E-state index in [2.05, 4.69) is 15.0 Å². The molecule has 6 heteroatoms. The van der Waals surface area contributed by atoms with Crippen molar-refractivity contribution < 1.29 is 17.4 Å². The number of hydrogen-bond acceptors (Lipinski definition) is 4. The molecule has 0 fully saturated rings. The van der Waals surface area contributed by atoms with E-state index in [1.807, 2.05) is 0 Å². The van der Waals surface area contributed by atoms with Crippen molar-refractivity contribution in [1.82, 2.24) is 5.32 Å². The lowest BCUT2D eigenvalue weighted by Crippen LogP contribution is -2.23. The summed E-state index contributed by atoms with van der Waals surface area (Å²) in [6, 6.07) is 0. The van der Waals surface area contributed by atoms with Crippen LogP contribution < -0.4 is 5.32 Å². The highest BCUT2D eigenvalue weighted by atomic mass is 127. The molecule has 0 aliphatic rings. The molecule has 0 aliphatic heterocycles. The number of nitrogens with one attached hydrogen (secondary N) is 1. The Morgan fingerprint density at radius 1 is 1.50 bits per heavy atom. The van der Waals surface area contributed by atoms with Gasteiger partial charge in [-0.05, 0) is 13.3 Å². The van der Waals surface area contributed by atoms with Gasteiger partial charge < -0.3 is 13.1 Å². The highest BCUT2D eigenvalue weighted by molar-refractivity contribution is 14.1. The minimum atomic E-state index is -0.503. The molecule has 0 radical (unpaired) electrons. The molecule has 5 nitrogen and oxygen atoms in total. The fourth-order valence-corrected chi connectivity index (χ4v) is 0.734. The fraction of sp³-hybridized carbons (Fsp3) is 0.500. The SMILES string of the molecule is C=C(C)C(=O)OCCCNC(=O)OI. The zero-order chi connectivity index (χ0) is 11.0. The van der Waals surface area contributed by atoms with Gasteiger partial charge in [-0.3, -0.25) is 0 Å². The Hall–Kier alpha value is -0.790. The number of carbonyl (C=O) groups excluding carboxylic acids is 2. The van der Waals surface area contributed by atoms with Crippen LogP contribution in [0.25, 0.3) is 0 Å². The second-order valence-corrected chi connectivity index (χ2v) is 3.00. The summed E-state index contributed by atoms with van der Waals surface area (Å²) in [5.41, 5.74) is 0.365. The Labute approximate surface area is 96.5 Å². The molecule has 0 atom stereocenters. The Morgan fingerprint density at radius 2 is 2.14 bits per heavy atom. The summed E-state index contributed by atoms with van der Waals surface area (Å²) in [6.07, 6.45) is 0.0435. The van der Waals surface area contributed by atoms with Crippen molar-refractivity contribution in [2.75, 3.05) is 13.2 Å². The molecule has 1 N–H and O–H groups in total. The van der Waals surface area contributed by atoms with E-state index in [9.17, 15) is 9.59 Å². The number of hydrogen-bond donors (Lipinski definition) is 1. The van der Waals surface area contributed by atoms with E-state index in [4.69, 9.17) is 4.74 Å². The van der Waals surface area contributed by atoms with E-state index in [-0.39, 0.29) is 6.61 Å². The molecule has 0 unspecified atom stereocenters. The van der Waals surface area contributed by atoms with Gasteiger partial charge in [0.25, 0.3) is 0 Å². The van der Waals surface area contributed by atoms with Crippen LogP contribution in [0.3, 0.4) is 0 Å². The third kappa shape index (κ3) is 6.70. The minimum absolute atomic E-state index is 0.257. The summed E-state index contributed by atoms with van der Waals surface area (Å²) in [4.78, 5) is 21.4. The first-order chi connectivity index (χ1) is 6.57. The highest BCUT2D eigenvalue weighted by Gasteiger charge is 2.02. The first kappa shape index (κ1) is 13.2. The van der Waals surface area contributed by atoms with Crippen molar-refractivity contribution >= 4 is 35.1 Å². The molecule has 0 saturated carbocycles. The van der Waals surface area contributed by atoms with E-state index in [1.165, 1.54) is 23.0 Å². The third-order valence-corrected chi connectivity index (χ3v) is 1.64. The summed E-state index contributed by atoms with van der Waals surface area (Å²) >= 11 is 1.48. The van der Waals surface area contributed by atoms with Crippen LogP contribution in [0, 0.1) is 0 Å².